The van der Waals surface area contributed by atoms with Crippen LogP contribution in [-0.2, 0) is 28.7 Å². The second kappa shape index (κ2) is 10.6. The standard InChI is InChI=1S/C40H54O6/c1-37-17-13-25(21-23(37)5-7-27-29-9-11-33(41)39(29,3)19-15-31(27)37)45-35(43)36(44)46-26-14-18-38(2)24(22-26)6-8-28-30-10-12-34(42)40(30,4)20-16-32(28)38/h5-6,25-32H,7-22H2,1-4H3/t25-,26-,27?,28?,29?,30?,31?,32?,37-,38-,39-,40-/m0/s1. The van der Waals surface area contributed by atoms with Crippen molar-refractivity contribution in [3.63, 3.8) is 0 Å². The van der Waals surface area contributed by atoms with Crippen molar-refractivity contribution in [1.82, 2.24) is 0 Å². The van der Waals surface area contributed by atoms with Crippen LogP contribution in [0, 0.1) is 57.2 Å². The molecule has 0 aromatic heterocycles. The zero-order chi connectivity index (χ0) is 32.2. The Bertz CT molecular complexity index is 1320. The predicted octanol–water partition coefficient (Wildman–Crippen LogP) is 7.87. The van der Waals surface area contributed by atoms with Gasteiger partial charge in [0.1, 0.15) is 23.8 Å². The minimum absolute atomic E-state index is 0.0883. The van der Waals surface area contributed by atoms with Crippen molar-refractivity contribution in [3.05, 3.63) is 23.3 Å². The molecule has 8 rings (SSSR count). The van der Waals surface area contributed by atoms with Gasteiger partial charge < -0.3 is 9.47 Å². The van der Waals surface area contributed by atoms with Gasteiger partial charge in [0.2, 0.25) is 0 Å². The van der Waals surface area contributed by atoms with Gasteiger partial charge in [-0.15, -0.1) is 0 Å². The Morgan fingerprint density at radius 2 is 0.935 bits per heavy atom. The van der Waals surface area contributed by atoms with Crippen molar-refractivity contribution in [2.75, 3.05) is 0 Å². The lowest BCUT2D eigenvalue weighted by Gasteiger charge is -2.57. The Morgan fingerprint density at radius 3 is 1.35 bits per heavy atom. The van der Waals surface area contributed by atoms with Crippen molar-refractivity contribution in [1.29, 1.82) is 0 Å². The molecule has 6 nitrogen and oxygen atoms in total. The van der Waals surface area contributed by atoms with Crippen LogP contribution in [-0.4, -0.2) is 35.7 Å². The van der Waals surface area contributed by atoms with E-state index in [1.807, 2.05) is 0 Å². The summed E-state index contributed by atoms with van der Waals surface area (Å²) in [4.78, 5) is 51.6. The van der Waals surface area contributed by atoms with Gasteiger partial charge in [0.25, 0.3) is 0 Å². The van der Waals surface area contributed by atoms with Crippen LogP contribution in [0.4, 0.5) is 0 Å². The van der Waals surface area contributed by atoms with Crippen LogP contribution in [0.5, 0.6) is 0 Å². The van der Waals surface area contributed by atoms with Gasteiger partial charge in [0.15, 0.2) is 0 Å². The Labute approximate surface area is 274 Å². The molecular weight excluding hydrogens is 576 g/mol. The summed E-state index contributed by atoms with van der Waals surface area (Å²) in [6.45, 7) is 9.25. The highest BCUT2D eigenvalue weighted by atomic mass is 16.6. The molecule has 0 radical (unpaired) electrons. The van der Waals surface area contributed by atoms with E-state index in [4.69, 9.17) is 9.47 Å². The van der Waals surface area contributed by atoms with Crippen molar-refractivity contribution in [3.8, 4) is 0 Å². The van der Waals surface area contributed by atoms with E-state index in [0.717, 1.165) is 89.9 Å². The largest absolute Gasteiger partial charge is 0.454 e. The summed E-state index contributed by atoms with van der Waals surface area (Å²) in [6, 6.07) is 0. The molecule has 250 valence electrons. The minimum Gasteiger partial charge on any atom is -0.454 e. The fourth-order valence-electron chi connectivity index (χ4n) is 13.4. The Hall–Kier alpha value is -2.24. The topological polar surface area (TPSA) is 86.7 Å². The summed E-state index contributed by atoms with van der Waals surface area (Å²) >= 11 is 0. The summed E-state index contributed by atoms with van der Waals surface area (Å²) < 4.78 is 11.7. The number of carbonyl (C=O) groups is 4. The highest BCUT2D eigenvalue weighted by Crippen LogP contribution is 2.65. The van der Waals surface area contributed by atoms with E-state index in [1.165, 1.54) is 11.1 Å². The number of rotatable bonds is 2. The number of allylic oxidation sites excluding steroid dienone is 2. The number of Topliss-reactive ketones (excluding diaryl/α,β-unsaturated/α-hetero) is 2. The maximum absolute atomic E-state index is 13.0. The van der Waals surface area contributed by atoms with E-state index >= 15 is 0 Å². The third kappa shape index (κ3) is 4.39. The summed E-state index contributed by atoms with van der Waals surface area (Å²) in [5.41, 5.74) is 2.70. The molecule has 0 aromatic carbocycles. The Balaban J connectivity index is 0.876. The summed E-state index contributed by atoms with van der Waals surface area (Å²) in [7, 11) is 0. The smallest absolute Gasteiger partial charge is 0.417 e. The van der Waals surface area contributed by atoms with E-state index in [1.54, 1.807) is 0 Å². The van der Waals surface area contributed by atoms with E-state index in [0.29, 0.717) is 59.9 Å². The molecule has 12 atom stereocenters. The van der Waals surface area contributed by atoms with Gasteiger partial charge in [-0.3, -0.25) is 9.59 Å². The maximum Gasteiger partial charge on any atom is 0.417 e. The van der Waals surface area contributed by atoms with Crippen LogP contribution in [0.1, 0.15) is 130 Å². The summed E-state index contributed by atoms with van der Waals surface area (Å²) in [6.07, 6.45) is 18.9. The zero-order valence-electron chi connectivity index (χ0n) is 28.5. The molecule has 0 N–H and O–H groups in total. The molecular formula is C40H54O6. The molecule has 6 fully saturated rings. The van der Waals surface area contributed by atoms with Gasteiger partial charge >= 0.3 is 11.9 Å². The average Bonchev–Trinajstić information content (AvgIpc) is 3.51. The highest BCUT2D eigenvalue weighted by Gasteiger charge is 2.60. The number of ether oxygens (including phenoxy) is 2. The van der Waals surface area contributed by atoms with Crippen molar-refractivity contribution >= 4 is 23.5 Å². The molecule has 6 heteroatoms. The molecule has 6 unspecified atom stereocenters. The van der Waals surface area contributed by atoms with Crippen LogP contribution >= 0.6 is 0 Å². The number of carbonyl (C=O) groups excluding carboxylic acids is 4. The first kappa shape index (κ1) is 31.1. The van der Waals surface area contributed by atoms with Gasteiger partial charge in [-0.05, 0) is 123 Å². The van der Waals surface area contributed by atoms with Gasteiger partial charge in [-0.2, -0.15) is 0 Å². The minimum atomic E-state index is -0.843. The first-order chi connectivity index (χ1) is 21.9. The molecule has 0 amide bonds. The van der Waals surface area contributed by atoms with Crippen molar-refractivity contribution in [2.24, 2.45) is 57.2 Å². The molecule has 0 aliphatic heterocycles. The number of ketones is 2. The average molecular weight is 631 g/mol. The fraction of sp³-hybridized carbons (Fsp3) is 0.800. The molecule has 0 bridgehead atoms. The number of hydrogen-bond acceptors (Lipinski definition) is 6. The molecule has 8 aliphatic rings. The van der Waals surface area contributed by atoms with Crippen LogP contribution in [0.2, 0.25) is 0 Å². The summed E-state index contributed by atoms with van der Waals surface area (Å²) in [5, 5.41) is 0. The normalized spacial score (nSPS) is 49.2. The lowest BCUT2D eigenvalue weighted by Crippen LogP contribution is -2.51. The quantitative estimate of drug-likeness (QED) is 0.175. The predicted molar refractivity (Wildman–Crippen MR) is 173 cm³/mol. The Kier molecular flexibility index (Phi) is 7.18. The lowest BCUT2D eigenvalue weighted by molar-refractivity contribution is -0.176. The second-order valence-electron chi connectivity index (χ2n) is 17.9. The van der Waals surface area contributed by atoms with Gasteiger partial charge in [0.05, 0.1) is 0 Å². The lowest BCUT2D eigenvalue weighted by atomic mass is 9.48. The first-order valence-electron chi connectivity index (χ1n) is 18.7. The van der Waals surface area contributed by atoms with Crippen LogP contribution in [0.25, 0.3) is 0 Å². The van der Waals surface area contributed by atoms with E-state index in [9.17, 15) is 19.2 Å². The van der Waals surface area contributed by atoms with Crippen molar-refractivity contribution < 1.29 is 28.7 Å². The highest BCUT2D eigenvalue weighted by molar-refractivity contribution is 6.29. The number of hydrogen-bond donors (Lipinski definition) is 0. The van der Waals surface area contributed by atoms with E-state index < -0.39 is 11.9 Å². The molecule has 0 heterocycles. The molecule has 0 spiro atoms. The van der Waals surface area contributed by atoms with E-state index in [2.05, 4.69) is 39.8 Å². The van der Waals surface area contributed by atoms with Gasteiger partial charge in [-0.1, -0.05) is 51.0 Å². The molecule has 8 aliphatic carbocycles. The monoisotopic (exact) mass is 630 g/mol. The van der Waals surface area contributed by atoms with Gasteiger partial charge in [-0.25, -0.2) is 9.59 Å². The second-order valence-corrected chi connectivity index (χ2v) is 17.9. The molecule has 6 saturated carbocycles. The van der Waals surface area contributed by atoms with Crippen LogP contribution in [0.15, 0.2) is 23.3 Å². The van der Waals surface area contributed by atoms with Crippen LogP contribution < -0.4 is 0 Å². The SMILES string of the molecule is C[C@]12CC[C@H](OC(=O)C(=O)O[C@H]3CC[C@@]4(C)C(=CCC5C4CC[C@]4(C)C(=O)CCC54)C3)CC1=CCC1C2CC[C@]2(C)C(=O)CCC12. The third-order valence-corrected chi connectivity index (χ3v) is 16.2. The maximum atomic E-state index is 13.0. The van der Waals surface area contributed by atoms with Gasteiger partial charge in [0, 0.05) is 36.5 Å². The fourth-order valence-corrected chi connectivity index (χ4v) is 13.4. The zero-order valence-corrected chi connectivity index (χ0v) is 28.5. The first-order valence-corrected chi connectivity index (χ1v) is 18.7. The van der Waals surface area contributed by atoms with E-state index in [-0.39, 0.29) is 33.9 Å². The Morgan fingerprint density at radius 1 is 0.565 bits per heavy atom. The molecule has 0 aromatic rings. The van der Waals surface area contributed by atoms with Crippen molar-refractivity contribution in [2.45, 2.75) is 143 Å². The summed E-state index contributed by atoms with van der Waals surface area (Å²) in [5.74, 6) is 2.57. The third-order valence-electron chi connectivity index (χ3n) is 16.2. The molecule has 0 saturated heterocycles. The number of fused-ring (bicyclic) bond motifs is 10. The van der Waals surface area contributed by atoms with Crippen LogP contribution in [0.3, 0.4) is 0 Å². The molecule has 46 heavy (non-hydrogen) atoms. The number of esters is 2.